The number of aromatic nitrogens is 4. The molecular formula is C22H28N6O2. The zero-order valence-electron chi connectivity index (χ0n) is 17.8. The molecule has 0 bridgehead atoms. The summed E-state index contributed by atoms with van der Waals surface area (Å²) in [5.41, 5.74) is 9.11. The molecule has 0 aliphatic rings. The van der Waals surface area contributed by atoms with Crippen LogP contribution >= 0.6 is 0 Å². The summed E-state index contributed by atoms with van der Waals surface area (Å²) >= 11 is 0. The van der Waals surface area contributed by atoms with Crippen LogP contribution in [-0.4, -0.2) is 33.3 Å². The Morgan fingerprint density at radius 3 is 2.50 bits per heavy atom. The van der Waals surface area contributed by atoms with Crippen molar-refractivity contribution in [3.05, 3.63) is 76.6 Å². The molecule has 1 atom stereocenters. The van der Waals surface area contributed by atoms with Gasteiger partial charge in [-0.25, -0.2) is 9.48 Å². The molecule has 1 heterocycles. The standard InChI is InChI=1S/C22H28N6O2/c1-22(2,3)28-20(25-26-27-28)19(17-8-10-18(11-9-17)21(29)30-4)24-14-16-7-5-6-15(12-16)13-23/h5-12,19,24H,13-14,23H2,1-4H3. The number of tetrazole rings is 1. The number of benzene rings is 2. The minimum absolute atomic E-state index is 0.271. The van der Waals surface area contributed by atoms with Crippen LogP contribution in [0, 0.1) is 0 Å². The van der Waals surface area contributed by atoms with E-state index >= 15 is 0 Å². The predicted molar refractivity (Wildman–Crippen MR) is 114 cm³/mol. The van der Waals surface area contributed by atoms with Crippen LogP contribution in [0.5, 0.6) is 0 Å². The summed E-state index contributed by atoms with van der Waals surface area (Å²) in [4.78, 5) is 11.8. The first kappa shape index (κ1) is 21.6. The minimum Gasteiger partial charge on any atom is -0.465 e. The SMILES string of the molecule is COC(=O)c1ccc(C(NCc2cccc(CN)c2)c2nnnn2C(C)(C)C)cc1. The van der Waals surface area contributed by atoms with Gasteiger partial charge < -0.3 is 10.5 Å². The Morgan fingerprint density at radius 2 is 1.87 bits per heavy atom. The molecule has 0 aliphatic carbocycles. The second-order valence-corrected chi connectivity index (χ2v) is 8.07. The van der Waals surface area contributed by atoms with Gasteiger partial charge in [0.15, 0.2) is 5.82 Å². The molecule has 1 unspecified atom stereocenters. The average molecular weight is 409 g/mol. The van der Waals surface area contributed by atoms with Crippen LogP contribution < -0.4 is 11.1 Å². The van der Waals surface area contributed by atoms with Crippen LogP contribution in [0.1, 0.15) is 59.7 Å². The van der Waals surface area contributed by atoms with E-state index in [2.05, 4.69) is 53.7 Å². The van der Waals surface area contributed by atoms with E-state index in [1.807, 2.05) is 28.9 Å². The number of hydrogen-bond acceptors (Lipinski definition) is 7. The Kier molecular flexibility index (Phi) is 6.59. The van der Waals surface area contributed by atoms with Gasteiger partial charge >= 0.3 is 5.97 Å². The van der Waals surface area contributed by atoms with Crippen LogP contribution in [0.4, 0.5) is 0 Å². The van der Waals surface area contributed by atoms with E-state index in [1.165, 1.54) is 7.11 Å². The molecule has 8 heteroatoms. The topological polar surface area (TPSA) is 108 Å². The maximum absolute atomic E-state index is 11.8. The number of carbonyl (C=O) groups excluding carboxylic acids is 1. The van der Waals surface area contributed by atoms with Crippen molar-refractivity contribution < 1.29 is 9.53 Å². The lowest BCUT2D eigenvalue weighted by Gasteiger charge is -2.25. The Balaban J connectivity index is 1.94. The van der Waals surface area contributed by atoms with Crippen molar-refractivity contribution in [3.8, 4) is 0 Å². The lowest BCUT2D eigenvalue weighted by atomic mass is 10.0. The van der Waals surface area contributed by atoms with E-state index in [9.17, 15) is 4.79 Å². The summed E-state index contributed by atoms with van der Waals surface area (Å²) in [5, 5.41) is 16.0. The number of rotatable bonds is 7. The summed E-state index contributed by atoms with van der Waals surface area (Å²) in [6.45, 7) is 7.25. The summed E-state index contributed by atoms with van der Waals surface area (Å²) < 4.78 is 6.61. The molecule has 3 rings (SSSR count). The fourth-order valence-corrected chi connectivity index (χ4v) is 3.23. The smallest absolute Gasteiger partial charge is 0.337 e. The Bertz CT molecular complexity index is 991. The second-order valence-electron chi connectivity index (χ2n) is 8.07. The molecule has 0 spiro atoms. The summed E-state index contributed by atoms with van der Waals surface area (Å²) in [5.74, 6) is 0.326. The van der Waals surface area contributed by atoms with Gasteiger partial charge in [-0.3, -0.25) is 5.32 Å². The highest BCUT2D eigenvalue weighted by Crippen LogP contribution is 2.25. The van der Waals surface area contributed by atoms with E-state index in [-0.39, 0.29) is 17.6 Å². The molecule has 2 aromatic carbocycles. The van der Waals surface area contributed by atoms with Crippen molar-refractivity contribution in [2.24, 2.45) is 5.73 Å². The van der Waals surface area contributed by atoms with E-state index in [0.717, 1.165) is 16.7 Å². The molecule has 1 aromatic heterocycles. The van der Waals surface area contributed by atoms with Crippen LogP contribution in [0.3, 0.4) is 0 Å². The predicted octanol–water partition coefficient (Wildman–Crippen LogP) is 2.55. The molecule has 0 amide bonds. The van der Waals surface area contributed by atoms with E-state index in [0.29, 0.717) is 24.5 Å². The molecule has 0 saturated heterocycles. The fourth-order valence-electron chi connectivity index (χ4n) is 3.23. The molecule has 3 aromatic rings. The highest BCUT2D eigenvalue weighted by Gasteiger charge is 2.27. The summed E-state index contributed by atoms with van der Waals surface area (Å²) in [6, 6.07) is 15.1. The van der Waals surface area contributed by atoms with Crippen molar-refractivity contribution >= 4 is 5.97 Å². The van der Waals surface area contributed by atoms with E-state index in [1.54, 1.807) is 12.1 Å². The van der Waals surface area contributed by atoms with Gasteiger partial charge in [-0.05, 0) is 60.0 Å². The number of nitrogens with two attached hydrogens (primary N) is 1. The zero-order chi connectivity index (χ0) is 21.7. The minimum atomic E-state index is -0.371. The molecule has 0 fully saturated rings. The van der Waals surface area contributed by atoms with Gasteiger partial charge in [-0.2, -0.15) is 0 Å². The van der Waals surface area contributed by atoms with Crippen LogP contribution in [0.25, 0.3) is 0 Å². The summed E-state index contributed by atoms with van der Waals surface area (Å²) in [7, 11) is 1.37. The number of methoxy groups -OCH3 is 1. The molecule has 0 radical (unpaired) electrons. The van der Waals surface area contributed by atoms with Gasteiger partial charge in [0, 0.05) is 13.1 Å². The number of esters is 1. The molecule has 8 nitrogen and oxygen atoms in total. The summed E-state index contributed by atoms with van der Waals surface area (Å²) in [6.07, 6.45) is 0. The van der Waals surface area contributed by atoms with Gasteiger partial charge in [0.05, 0.1) is 24.3 Å². The number of ether oxygens (including phenoxy) is 1. The first-order chi connectivity index (χ1) is 14.3. The van der Waals surface area contributed by atoms with Crippen molar-refractivity contribution in [1.82, 2.24) is 25.5 Å². The molecular weight excluding hydrogens is 380 g/mol. The maximum Gasteiger partial charge on any atom is 0.337 e. The Morgan fingerprint density at radius 1 is 1.17 bits per heavy atom. The molecule has 158 valence electrons. The van der Waals surface area contributed by atoms with Crippen molar-refractivity contribution in [2.45, 2.75) is 45.4 Å². The Labute approximate surface area is 176 Å². The van der Waals surface area contributed by atoms with Crippen molar-refractivity contribution in [2.75, 3.05) is 7.11 Å². The van der Waals surface area contributed by atoms with Crippen molar-refractivity contribution in [3.63, 3.8) is 0 Å². The van der Waals surface area contributed by atoms with Gasteiger partial charge in [0.25, 0.3) is 0 Å². The van der Waals surface area contributed by atoms with Crippen LogP contribution in [0.2, 0.25) is 0 Å². The van der Waals surface area contributed by atoms with Gasteiger partial charge in [-0.1, -0.05) is 36.4 Å². The lowest BCUT2D eigenvalue weighted by molar-refractivity contribution is 0.0600. The zero-order valence-corrected chi connectivity index (χ0v) is 17.8. The van der Waals surface area contributed by atoms with Gasteiger partial charge in [0.1, 0.15) is 0 Å². The van der Waals surface area contributed by atoms with Gasteiger partial charge in [0.2, 0.25) is 0 Å². The second kappa shape index (κ2) is 9.15. The fraction of sp³-hybridized carbons (Fsp3) is 0.364. The number of carbonyl (C=O) groups is 1. The first-order valence-electron chi connectivity index (χ1n) is 9.81. The third-order valence-electron chi connectivity index (χ3n) is 4.79. The van der Waals surface area contributed by atoms with Crippen LogP contribution in [0.15, 0.2) is 48.5 Å². The van der Waals surface area contributed by atoms with Gasteiger partial charge in [-0.15, -0.1) is 5.10 Å². The maximum atomic E-state index is 11.8. The number of nitrogens with zero attached hydrogens (tertiary/aromatic N) is 4. The highest BCUT2D eigenvalue weighted by molar-refractivity contribution is 5.89. The van der Waals surface area contributed by atoms with E-state index in [4.69, 9.17) is 10.5 Å². The van der Waals surface area contributed by atoms with E-state index < -0.39 is 0 Å². The third-order valence-corrected chi connectivity index (χ3v) is 4.79. The van der Waals surface area contributed by atoms with Crippen molar-refractivity contribution in [1.29, 1.82) is 0 Å². The molecule has 0 aliphatic heterocycles. The quantitative estimate of drug-likeness (QED) is 0.578. The molecule has 0 saturated carbocycles. The molecule has 30 heavy (non-hydrogen) atoms. The first-order valence-corrected chi connectivity index (χ1v) is 9.81. The monoisotopic (exact) mass is 408 g/mol. The number of nitrogens with one attached hydrogen (secondary N) is 1. The lowest BCUT2D eigenvalue weighted by Crippen LogP contribution is -2.32. The Hall–Kier alpha value is -3.10. The number of hydrogen-bond donors (Lipinski definition) is 2. The average Bonchev–Trinajstić information content (AvgIpc) is 3.24. The third kappa shape index (κ3) is 4.90. The van der Waals surface area contributed by atoms with Crippen LogP contribution in [-0.2, 0) is 23.4 Å². The normalized spacial score (nSPS) is 12.6. The largest absolute Gasteiger partial charge is 0.465 e. The molecule has 3 N–H and O–H groups in total. The highest BCUT2D eigenvalue weighted by atomic mass is 16.5.